The average Bonchev–Trinajstić information content (AvgIpc) is 2.48. The Bertz CT molecular complexity index is 633. The van der Waals surface area contributed by atoms with E-state index in [-0.39, 0.29) is 5.84 Å². The lowest BCUT2D eigenvalue weighted by molar-refractivity contribution is 0.636. The molecule has 0 saturated heterocycles. The zero-order chi connectivity index (χ0) is 14.5. The molecular weight excluding hydrogens is 270 g/mol. The van der Waals surface area contributed by atoms with Gasteiger partial charge in [-0.05, 0) is 28.8 Å². The van der Waals surface area contributed by atoms with Crippen LogP contribution in [0.15, 0.2) is 59.6 Å². The minimum Gasteiger partial charge on any atom is -0.353 e. The molecule has 0 radical (unpaired) electrons. The highest BCUT2D eigenvalue weighted by Crippen LogP contribution is 2.20. The van der Waals surface area contributed by atoms with Crippen LogP contribution in [-0.2, 0) is 0 Å². The Balaban J connectivity index is 2.31. The van der Waals surface area contributed by atoms with Crippen LogP contribution in [-0.4, -0.2) is 30.1 Å². The number of hydrogen-bond donors (Lipinski definition) is 1. The molecule has 0 unspecified atom stereocenters. The maximum absolute atomic E-state index is 8.01. The van der Waals surface area contributed by atoms with Crippen molar-refractivity contribution in [3.8, 4) is 11.1 Å². The fourth-order valence-electron chi connectivity index (χ4n) is 1.73. The Labute approximate surface area is 124 Å². The molecule has 0 aliphatic rings. The van der Waals surface area contributed by atoms with E-state index in [4.69, 9.17) is 17.0 Å². The van der Waals surface area contributed by atoms with Crippen molar-refractivity contribution < 1.29 is 0 Å². The van der Waals surface area contributed by atoms with Crippen molar-refractivity contribution in [2.24, 2.45) is 4.99 Å². The first-order valence-electron chi connectivity index (χ1n) is 6.24. The van der Waals surface area contributed by atoms with Crippen LogP contribution >= 0.6 is 11.6 Å². The summed E-state index contributed by atoms with van der Waals surface area (Å²) in [7, 11) is 3.58. The lowest BCUT2D eigenvalue weighted by Crippen LogP contribution is -2.17. The van der Waals surface area contributed by atoms with E-state index in [1.54, 1.807) is 19.0 Å². The molecule has 0 amide bonds. The molecule has 0 fully saturated rings. The van der Waals surface area contributed by atoms with Gasteiger partial charge in [0.2, 0.25) is 0 Å². The van der Waals surface area contributed by atoms with Gasteiger partial charge in [-0.15, -0.1) is 0 Å². The predicted molar refractivity (Wildman–Crippen MR) is 85.7 cm³/mol. The van der Waals surface area contributed by atoms with Gasteiger partial charge in [-0.25, -0.2) is 4.99 Å². The van der Waals surface area contributed by atoms with Gasteiger partial charge in [0, 0.05) is 19.7 Å². The highest BCUT2D eigenvalue weighted by atomic mass is 35.5. The molecule has 4 heteroatoms. The van der Waals surface area contributed by atoms with E-state index in [2.05, 4.69) is 4.99 Å². The fraction of sp³-hybridized carbons (Fsp3) is 0.125. The summed E-state index contributed by atoms with van der Waals surface area (Å²) < 4.78 is 0. The van der Waals surface area contributed by atoms with Gasteiger partial charge in [0.15, 0.2) is 11.1 Å². The SMILES string of the molecule is CN(C)/C(Cl)=N\C(=N)c1cccc(-c2ccccc2)c1. The highest BCUT2D eigenvalue weighted by molar-refractivity contribution is 6.65. The number of benzene rings is 2. The van der Waals surface area contributed by atoms with Crippen LogP contribution in [0.3, 0.4) is 0 Å². The molecule has 0 spiro atoms. The zero-order valence-electron chi connectivity index (χ0n) is 11.5. The maximum Gasteiger partial charge on any atom is 0.200 e. The van der Waals surface area contributed by atoms with Gasteiger partial charge in [0.05, 0.1) is 0 Å². The first-order chi connectivity index (χ1) is 9.58. The van der Waals surface area contributed by atoms with E-state index >= 15 is 0 Å². The Hall–Kier alpha value is -2.13. The van der Waals surface area contributed by atoms with Gasteiger partial charge in [-0.1, -0.05) is 48.5 Å². The van der Waals surface area contributed by atoms with E-state index in [1.807, 2.05) is 54.6 Å². The monoisotopic (exact) mass is 285 g/mol. The summed E-state index contributed by atoms with van der Waals surface area (Å²) >= 11 is 5.95. The molecule has 0 atom stereocenters. The van der Waals surface area contributed by atoms with Gasteiger partial charge in [0.1, 0.15) is 0 Å². The van der Waals surface area contributed by atoms with E-state index in [9.17, 15) is 0 Å². The van der Waals surface area contributed by atoms with Gasteiger partial charge in [-0.2, -0.15) is 0 Å². The summed E-state index contributed by atoms with van der Waals surface area (Å²) in [6.07, 6.45) is 0. The Morgan fingerprint density at radius 1 is 1.00 bits per heavy atom. The molecule has 20 heavy (non-hydrogen) atoms. The molecule has 0 aliphatic heterocycles. The first kappa shape index (κ1) is 14.3. The van der Waals surface area contributed by atoms with Crippen molar-refractivity contribution in [3.05, 3.63) is 60.2 Å². The first-order valence-corrected chi connectivity index (χ1v) is 6.61. The summed E-state index contributed by atoms with van der Waals surface area (Å²) in [5, 5.41) is 8.31. The predicted octanol–water partition coefficient (Wildman–Crippen LogP) is 3.84. The van der Waals surface area contributed by atoms with Crippen molar-refractivity contribution in [3.63, 3.8) is 0 Å². The third-order valence-corrected chi connectivity index (χ3v) is 3.24. The topological polar surface area (TPSA) is 39.5 Å². The molecule has 2 aromatic carbocycles. The van der Waals surface area contributed by atoms with Crippen LogP contribution in [0, 0.1) is 5.41 Å². The molecule has 0 bridgehead atoms. The van der Waals surface area contributed by atoms with Crippen molar-refractivity contribution >= 4 is 22.7 Å². The highest BCUT2D eigenvalue weighted by Gasteiger charge is 2.05. The average molecular weight is 286 g/mol. The maximum atomic E-state index is 8.01. The summed E-state index contributed by atoms with van der Waals surface area (Å²) in [5.41, 5.74) is 2.92. The smallest absolute Gasteiger partial charge is 0.200 e. The van der Waals surface area contributed by atoms with E-state index in [0.29, 0.717) is 5.29 Å². The number of hydrogen-bond acceptors (Lipinski definition) is 1. The Morgan fingerprint density at radius 2 is 1.65 bits per heavy atom. The van der Waals surface area contributed by atoms with Crippen LogP contribution in [0.5, 0.6) is 0 Å². The van der Waals surface area contributed by atoms with Crippen molar-refractivity contribution in [2.75, 3.05) is 14.1 Å². The normalized spacial score (nSPS) is 11.2. The van der Waals surface area contributed by atoms with Gasteiger partial charge in [-0.3, -0.25) is 5.41 Å². The molecule has 2 rings (SSSR count). The van der Waals surface area contributed by atoms with Crippen LogP contribution in [0.2, 0.25) is 0 Å². The molecule has 0 saturated carbocycles. The number of halogens is 1. The van der Waals surface area contributed by atoms with Gasteiger partial charge in [0.25, 0.3) is 0 Å². The van der Waals surface area contributed by atoms with Gasteiger partial charge < -0.3 is 4.90 Å². The second-order valence-corrected chi connectivity index (χ2v) is 4.91. The van der Waals surface area contributed by atoms with Crippen molar-refractivity contribution in [2.45, 2.75) is 0 Å². The third kappa shape index (κ3) is 3.45. The summed E-state index contributed by atoms with van der Waals surface area (Å²) in [5.74, 6) is 0.154. The number of rotatable bonds is 2. The largest absolute Gasteiger partial charge is 0.353 e. The van der Waals surface area contributed by atoms with Crippen molar-refractivity contribution in [1.82, 2.24) is 4.90 Å². The Kier molecular flexibility index (Phi) is 4.53. The number of aliphatic imine (C=N–C) groups is 1. The molecule has 2 aromatic rings. The summed E-state index contributed by atoms with van der Waals surface area (Å²) in [6, 6.07) is 17.8. The molecule has 102 valence electrons. The number of nitrogens with zero attached hydrogens (tertiary/aromatic N) is 2. The van der Waals surface area contributed by atoms with E-state index in [0.717, 1.165) is 16.7 Å². The number of amidine groups is 2. The molecular formula is C16H16ClN3. The van der Waals surface area contributed by atoms with E-state index in [1.165, 1.54) is 0 Å². The lowest BCUT2D eigenvalue weighted by atomic mass is 10.0. The standard InChI is InChI=1S/C16H16ClN3/c1-20(2)16(17)19-15(18)14-10-6-9-13(11-14)12-7-4-3-5-8-12/h3-11,18H,1-2H3/b18-15?,19-16-. The van der Waals surface area contributed by atoms with Crippen LogP contribution < -0.4 is 0 Å². The van der Waals surface area contributed by atoms with Gasteiger partial charge >= 0.3 is 0 Å². The second kappa shape index (κ2) is 6.35. The fourth-order valence-corrected chi connectivity index (χ4v) is 1.82. The third-order valence-electron chi connectivity index (χ3n) is 2.82. The molecule has 3 nitrogen and oxygen atoms in total. The molecule has 1 N–H and O–H groups in total. The lowest BCUT2D eigenvalue weighted by Gasteiger charge is -2.09. The molecule has 0 aliphatic carbocycles. The zero-order valence-corrected chi connectivity index (χ0v) is 12.2. The quantitative estimate of drug-likeness (QED) is 0.508. The number of nitrogens with one attached hydrogen (secondary N) is 1. The van der Waals surface area contributed by atoms with Crippen LogP contribution in [0.25, 0.3) is 11.1 Å². The molecule has 0 aromatic heterocycles. The minimum atomic E-state index is 0.154. The molecule has 0 heterocycles. The Morgan fingerprint density at radius 3 is 2.30 bits per heavy atom. The van der Waals surface area contributed by atoms with Crippen molar-refractivity contribution in [1.29, 1.82) is 5.41 Å². The summed E-state index contributed by atoms with van der Waals surface area (Å²) in [6.45, 7) is 0. The van der Waals surface area contributed by atoms with Crippen LogP contribution in [0.1, 0.15) is 5.56 Å². The van der Waals surface area contributed by atoms with Crippen LogP contribution in [0.4, 0.5) is 0 Å². The summed E-state index contributed by atoms with van der Waals surface area (Å²) in [4.78, 5) is 5.74. The minimum absolute atomic E-state index is 0.154. The van der Waals surface area contributed by atoms with E-state index < -0.39 is 0 Å². The second-order valence-electron chi connectivity index (χ2n) is 4.57.